The summed E-state index contributed by atoms with van der Waals surface area (Å²) in [7, 11) is 1.66. The lowest BCUT2D eigenvalue weighted by Gasteiger charge is -2.37. The number of rotatable bonds is 8. The summed E-state index contributed by atoms with van der Waals surface area (Å²) in [5, 5.41) is 0. The van der Waals surface area contributed by atoms with Gasteiger partial charge in [-0.15, -0.1) is 0 Å². The minimum Gasteiger partial charge on any atom is -0.497 e. The van der Waals surface area contributed by atoms with Crippen molar-refractivity contribution in [1.82, 2.24) is 19.8 Å². The Morgan fingerprint density at radius 3 is 2.42 bits per heavy atom. The third-order valence-electron chi connectivity index (χ3n) is 5.80. The predicted octanol–water partition coefficient (Wildman–Crippen LogP) is 2.46. The Morgan fingerprint density at radius 2 is 1.84 bits per heavy atom. The van der Waals surface area contributed by atoms with Gasteiger partial charge in [0.1, 0.15) is 11.4 Å². The average molecular weight is 426 g/mol. The molecule has 0 aliphatic carbocycles. The number of ether oxygens (including phenoxy) is 1. The SMILES string of the molecule is CC[C@@H](C)N(CCC(=O)N1CCN(c2ccc(OC)cc2)CC1)C(=O)c1cnccn1. The molecule has 1 fully saturated rings. The molecule has 1 atom stereocenters. The van der Waals surface area contributed by atoms with Crippen LogP contribution >= 0.6 is 0 Å². The molecule has 1 aliphatic rings. The summed E-state index contributed by atoms with van der Waals surface area (Å²) in [5.41, 5.74) is 1.44. The first-order chi connectivity index (χ1) is 15.0. The molecule has 1 aromatic heterocycles. The molecule has 8 nitrogen and oxygen atoms in total. The van der Waals surface area contributed by atoms with Gasteiger partial charge in [0.25, 0.3) is 5.91 Å². The second-order valence-electron chi connectivity index (χ2n) is 7.66. The minimum absolute atomic E-state index is 0.0224. The van der Waals surface area contributed by atoms with Gasteiger partial charge in [-0.05, 0) is 37.6 Å². The minimum atomic E-state index is -0.181. The Kier molecular flexibility index (Phi) is 7.81. The van der Waals surface area contributed by atoms with Gasteiger partial charge >= 0.3 is 0 Å². The van der Waals surface area contributed by atoms with Gasteiger partial charge in [-0.25, -0.2) is 4.98 Å². The summed E-state index contributed by atoms with van der Waals surface area (Å²) in [6.45, 7) is 7.31. The van der Waals surface area contributed by atoms with Crippen LogP contribution in [0.2, 0.25) is 0 Å². The maximum Gasteiger partial charge on any atom is 0.274 e. The Hall–Kier alpha value is -3.16. The van der Waals surface area contributed by atoms with Crippen molar-refractivity contribution in [3.05, 3.63) is 48.5 Å². The second-order valence-corrected chi connectivity index (χ2v) is 7.66. The number of hydrogen-bond donors (Lipinski definition) is 0. The Labute approximate surface area is 183 Å². The van der Waals surface area contributed by atoms with Crippen LogP contribution in [0.1, 0.15) is 37.2 Å². The van der Waals surface area contributed by atoms with Gasteiger partial charge in [-0.3, -0.25) is 14.6 Å². The topological polar surface area (TPSA) is 78.9 Å². The van der Waals surface area contributed by atoms with E-state index in [1.54, 1.807) is 18.2 Å². The van der Waals surface area contributed by atoms with Crippen molar-refractivity contribution >= 4 is 17.5 Å². The number of benzene rings is 1. The fraction of sp³-hybridized carbons (Fsp3) is 0.478. The number of hydrogen-bond acceptors (Lipinski definition) is 6. The number of carbonyl (C=O) groups is 2. The first-order valence-corrected chi connectivity index (χ1v) is 10.8. The van der Waals surface area contributed by atoms with Crippen molar-refractivity contribution in [1.29, 1.82) is 0 Å². The van der Waals surface area contributed by atoms with Crippen molar-refractivity contribution < 1.29 is 14.3 Å². The normalized spacial score (nSPS) is 14.8. The van der Waals surface area contributed by atoms with Crippen molar-refractivity contribution in [2.75, 3.05) is 44.7 Å². The van der Waals surface area contributed by atoms with Crippen LogP contribution in [-0.4, -0.2) is 77.5 Å². The van der Waals surface area contributed by atoms with E-state index < -0.39 is 0 Å². The predicted molar refractivity (Wildman–Crippen MR) is 119 cm³/mol. The molecule has 2 heterocycles. The van der Waals surface area contributed by atoms with Crippen LogP contribution < -0.4 is 9.64 Å². The second kappa shape index (κ2) is 10.7. The molecule has 0 radical (unpaired) electrons. The van der Waals surface area contributed by atoms with Gasteiger partial charge in [0.15, 0.2) is 0 Å². The van der Waals surface area contributed by atoms with E-state index in [1.807, 2.05) is 43.0 Å². The highest BCUT2D eigenvalue weighted by Crippen LogP contribution is 2.21. The summed E-state index contributed by atoms with van der Waals surface area (Å²) in [4.78, 5) is 39.7. The molecule has 0 saturated carbocycles. The van der Waals surface area contributed by atoms with Crippen molar-refractivity contribution in [2.24, 2.45) is 0 Å². The van der Waals surface area contributed by atoms with Crippen LogP contribution in [0.3, 0.4) is 0 Å². The number of piperazine rings is 1. The maximum absolute atomic E-state index is 12.9. The van der Waals surface area contributed by atoms with Crippen LogP contribution in [0.25, 0.3) is 0 Å². The number of carbonyl (C=O) groups excluding carboxylic acids is 2. The molecule has 8 heteroatoms. The average Bonchev–Trinajstić information content (AvgIpc) is 2.84. The first-order valence-electron chi connectivity index (χ1n) is 10.8. The van der Waals surface area contributed by atoms with Gasteiger partial charge < -0.3 is 19.4 Å². The molecule has 3 rings (SSSR count). The lowest BCUT2D eigenvalue weighted by atomic mass is 10.1. The third-order valence-corrected chi connectivity index (χ3v) is 5.80. The molecule has 1 aromatic carbocycles. The Balaban J connectivity index is 1.53. The molecule has 0 spiro atoms. The van der Waals surface area contributed by atoms with Crippen LogP contribution in [0.15, 0.2) is 42.9 Å². The highest BCUT2D eigenvalue weighted by molar-refractivity contribution is 5.92. The van der Waals surface area contributed by atoms with Crippen LogP contribution in [-0.2, 0) is 4.79 Å². The monoisotopic (exact) mass is 425 g/mol. The van der Waals surface area contributed by atoms with Gasteiger partial charge in [-0.1, -0.05) is 6.92 Å². The van der Waals surface area contributed by atoms with Gasteiger partial charge in [-0.2, -0.15) is 0 Å². The summed E-state index contributed by atoms with van der Waals surface area (Å²) in [6.07, 6.45) is 5.63. The zero-order valence-corrected chi connectivity index (χ0v) is 18.5. The quantitative estimate of drug-likeness (QED) is 0.647. The Bertz CT molecular complexity index is 851. The van der Waals surface area contributed by atoms with E-state index in [2.05, 4.69) is 14.9 Å². The standard InChI is InChI=1S/C23H31N5O3/c1-4-18(2)28(23(30)21-17-24-10-11-25-21)12-9-22(29)27-15-13-26(14-16-27)19-5-7-20(31-3)8-6-19/h5-8,10-11,17-18H,4,9,12-16H2,1-3H3/t18-/m1/s1. The van der Waals surface area contributed by atoms with E-state index in [0.717, 1.165) is 30.9 Å². The van der Waals surface area contributed by atoms with E-state index in [4.69, 9.17) is 4.74 Å². The lowest BCUT2D eigenvalue weighted by Crippen LogP contribution is -2.49. The molecule has 166 valence electrons. The highest BCUT2D eigenvalue weighted by Gasteiger charge is 2.25. The van der Waals surface area contributed by atoms with E-state index >= 15 is 0 Å². The zero-order valence-electron chi connectivity index (χ0n) is 18.5. The fourth-order valence-electron chi connectivity index (χ4n) is 3.68. The molecule has 0 bridgehead atoms. The van der Waals surface area contributed by atoms with E-state index in [-0.39, 0.29) is 17.9 Å². The highest BCUT2D eigenvalue weighted by atomic mass is 16.5. The third kappa shape index (κ3) is 5.71. The summed E-state index contributed by atoms with van der Waals surface area (Å²) in [6, 6.07) is 8.00. The van der Waals surface area contributed by atoms with E-state index in [1.165, 1.54) is 12.4 Å². The van der Waals surface area contributed by atoms with E-state index in [9.17, 15) is 9.59 Å². The van der Waals surface area contributed by atoms with Crippen LogP contribution in [0, 0.1) is 0 Å². The number of methoxy groups -OCH3 is 1. The number of anilines is 1. The number of aromatic nitrogens is 2. The fourth-order valence-corrected chi connectivity index (χ4v) is 3.68. The molecule has 31 heavy (non-hydrogen) atoms. The van der Waals surface area contributed by atoms with Gasteiger partial charge in [0, 0.05) is 63.3 Å². The van der Waals surface area contributed by atoms with Crippen LogP contribution in [0.5, 0.6) is 5.75 Å². The van der Waals surface area contributed by atoms with Crippen LogP contribution in [0.4, 0.5) is 5.69 Å². The maximum atomic E-state index is 12.9. The van der Waals surface area contributed by atoms with Gasteiger partial charge in [0.2, 0.25) is 5.91 Å². The molecule has 1 aliphatic heterocycles. The largest absolute Gasteiger partial charge is 0.497 e. The summed E-state index contributed by atoms with van der Waals surface area (Å²) < 4.78 is 5.21. The molecule has 0 N–H and O–H groups in total. The molecular formula is C23H31N5O3. The number of amides is 2. The molecule has 2 amide bonds. The Morgan fingerprint density at radius 1 is 1.13 bits per heavy atom. The summed E-state index contributed by atoms with van der Waals surface area (Å²) in [5.74, 6) is 0.730. The molecule has 1 saturated heterocycles. The molecular weight excluding hydrogens is 394 g/mol. The first kappa shape index (κ1) is 22.5. The van der Waals surface area contributed by atoms with E-state index in [0.29, 0.717) is 31.7 Å². The van der Waals surface area contributed by atoms with Crippen molar-refractivity contribution in [3.8, 4) is 5.75 Å². The van der Waals surface area contributed by atoms with Gasteiger partial charge in [0.05, 0.1) is 13.3 Å². The smallest absolute Gasteiger partial charge is 0.274 e. The summed E-state index contributed by atoms with van der Waals surface area (Å²) >= 11 is 0. The zero-order chi connectivity index (χ0) is 22.2. The molecule has 0 unspecified atom stereocenters. The molecule has 2 aromatic rings. The van der Waals surface area contributed by atoms with Crippen molar-refractivity contribution in [3.63, 3.8) is 0 Å². The number of nitrogens with zero attached hydrogens (tertiary/aromatic N) is 5. The van der Waals surface area contributed by atoms with Crippen molar-refractivity contribution in [2.45, 2.75) is 32.7 Å². The lowest BCUT2D eigenvalue weighted by molar-refractivity contribution is -0.131.